The van der Waals surface area contributed by atoms with Gasteiger partial charge in [-0.15, -0.1) is 0 Å². The van der Waals surface area contributed by atoms with Gasteiger partial charge < -0.3 is 14.2 Å². The topological polar surface area (TPSA) is 68.5 Å². The molecule has 1 amide bonds. The van der Waals surface area contributed by atoms with Crippen molar-refractivity contribution in [2.75, 3.05) is 13.1 Å². The summed E-state index contributed by atoms with van der Waals surface area (Å²) in [5, 5.41) is 4.01. The first-order chi connectivity index (χ1) is 13.6. The highest BCUT2D eigenvalue weighted by Crippen LogP contribution is 2.22. The number of benzene rings is 2. The molecule has 0 radical (unpaired) electrons. The van der Waals surface area contributed by atoms with E-state index in [1.165, 1.54) is 0 Å². The van der Waals surface area contributed by atoms with Crippen molar-refractivity contribution in [3.8, 4) is 17.1 Å². The summed E-state index contributed by atoms with van der Waals surface area (Å²) in [6.45, 7) is 5.30. The Hall–Kier alpha value is -3.15. The van der Waals surface area contributed by atoms with Gasteiger partial charge in [0.1, 0.15) is 11.9 Å². The molecule has 1 aromatic heterocycles. The van der Waals surface area contributed by atoms with Crippen LogP contribution in [0.1, 0.15) is 42.4 Å². The molecule has 6 nitrogen and oxygen atoms in total. The molecule has 0 saturated carbocycles. The van der Waals surface area contributed by atoms with E-state index in [0.29, 0.717) is 30.4 Å². The van der Waals surface area contributed by atoms with Crippen LogP contribution in [-0.4, -0.2) is 40.1 Å². The van der Waals surface area contributed by atoms with Crippen molar-refractivity contribution in [2.24, 2.45) is 0 Å². The molecular formula is C22H23N3O3. The average molecular weight is 377 g/mol. The number of rotatable bonds is 5. The first-order valence-electron chi connectivity index (χ1n) is 9.55. The number of amides is 1. The van der Waals surface area contributed by atoms with Crippen LogP contribution in [0.5, 0.6) is 5.75 Å². The maximum absolute atomic E-state index is 12.8. The normalized spacial score (nSPS) is 16.5. The molecule has 1 fully saturated rings. The van der Waals surface area contributed by atoms with Crippen LogP contribution >= 0.6 is 0 Å². The van der Waals surface area contributed by atoms with Gasteiger partial charge in [0.25, 0.3) is 5.91 Å². The van der Waals surface area contributed by atoms with Gasteiger partial charge in [0.05, 0.1) is 6.54 Å². The van der Waals surface area contributed by atoms with E-state index in [0.717, 1.165) is 17.7 Å². The molecule has 1 aliphatic rings. The molecule has 1 aliphatic heterocycles. The fourth-order valence-electron chi connectivity index (χ4n) is 3.23. The Bertz CT molecular complexity index is 935. The molecule has 2 aromatic carbocycles. The predicted octanol–water partition coefficient (Wildman–Crippen LogP) is 4.15. The van der Waals surface area contributed by atoms with Crippen LogP contribution in [0.4, 0.5) is 0 Å². The average Bonchev–Trinajstić information content (AvgIpc) is 3.38. The number of para-hydroxylation sites is 1. The van der Waals surface area contributed by atoms with Crippen molar-refractivity contribution < 1.29 is 14.1 Å². The standard InChI is InChI=1S/C22H23N3O3/c1-15(2)21-23-20(24-28-21)16-8-10-17(11-9-16)22(26)25-13-12-19(14-25)27-18-6-4-3-5-7-18/h3-11,15,19H,12-14H2,1-2H3/t19-/m1/s1. The molecule has 0 N–H and O–H groups in total. The van der Waals surface area contributed by atoms with Gasteiger partial charge in [-0.1, -0.05) is 49.3 Å². The molecule has 6 heteroatoms. The van der Waals surface area contributed by atoms with Gasteiger partial charge in [0.2, 0.25) is 11.7 Å². The third-order valence-electron chi connectivity index (χ3n) is 4.80. The zero-order valence-electron chi connectivity index (χ0n) is 16.0. The Morgan fingerprint density at radius 3 is 2.57 bits per heavy atom. The van der Waals surface area contributed by atoms with E-state index in [9.17, 15) is 4.79 Å². The van der Waals surface area contributed by atoms with Crippen LogP contribution in [0.15, 0.2) is 59.1 Å². The van der Waals surface area contributed by atoms with Gasteiger partial charge in [0.15, 0.2) is 0 Å². The lowest BCUT2D eigenvalue weighted by Crippen LogP contribution is -2.30. The molecular weight excluding hydrogens is 354 g/mol. The lowest BCUT2D eigenvalue weighted by molar-refractivity contribution is 0.0772. The largest absolute Gasteiger partial charge is 0.489 e. The molecule has 3 aromatic rings. The molecule has 0 unspecified atom stereocenters. The Kier molecular flexibility index (Phi) is 5.10. The summed E-state index contributed by atoms with van der Waals surface area (Å²) >= 11 is 0. The van der Waals surface area contributed by atoms with Crippen LogP contribution in [-0.2, 0) is 0 Å². The van der Waals surface area contributed by atoms with Crippen molar-refractivity contribution in [2.45, 2.75) is 32.3 Å². The van der Waals surface area contributed by atoms with Crippen LogP contribution in [0.2, 0.25) is 0 Å². The van der Waals surface area contributed by atoms with Gasteiger partial charge in [-0.25, -0.2) is 0 Å². The lowest BCUT2D eigenvalue weighted by Gasteiger charge is -2.17. The second-order valence-electron chi connectivity index (χ2n) is 7.28. The molecule has 144 valence electrons. The van der Waals surface area contributed by atoms with E-state index < -0.39 is 0 Å². The molecule has 28 heavy (non-hydrogen) atoms. The number of hydrogen-bond acceptors (Lipinski definition) is 5. The predicted molar refractivity (Wildman–Crippen MR) is 105 cm³/mol. The highest BCUT2D eigenvalue weighted by Gasteiger charge is 2.28. The minimum atomic E-state index is 0.0155. The van der Waals surface area contributed by atoms with E-state index in [4.69, 9.17) is 9.26 Å². The summed E-state index contributed by atoms with van der Waals surface area (Å²) in [7, 11) is 0. The van der Waals surface area contributed by atoms with E-state index in [1.54, 1.807) is 0 Å². The summed E-state index contributed by atoms with van der Waals surface area (Å²) in [5.41, 5.74) is 1.48. The zero-order chi connectivity index (χ0) is 19.5. The summed E-state index contributed by atoms with van der Waals surface area (Å²) < 4.78 is 11.2. The Labute approximate surface area is 164 Å². The van der Waals surface area contributed by atoms with Crippen molar-refractivity contribution in [1.29, 1.82) is 0 Å². The van der Waals surface area contributed by atoms with Crippen LogP contribution < -0.4 is 4.74 Å². The third kappa shape index (κ3) is 3.91. The maximum atomic E-state index is 12.8. The molecule has 1 atom stereocenters. The Morgan fingerprint density at radius 2 is 1.89 bits per heavy atom. The quantitative estimate of drug-likeness (QED) is 0.668. The van der Waals surface area contributed by atoms with Gasteiger partial charge >= 0.3 is 0 Å². The number of aromatic nitrogens is 2. The van der Waals surface area contributed by atoms with Crippen molar-refractivity contribution in [1.82, 2.24) is 15.0 Å². The number of nitrogens with zero attached hydrogens (tertiary/aromatic N) is 3. The molecule has 0 spiro atoms. The minimum Gasteiger partial charge on any atom is -0.489 e. The third-order valence-corrected chi connectivity index (χ3v) is 4.80. The number of likely N-dealkylation sites (tertiary alicyclic amines) is 1. The Balaban J connectivity index is 1.39. The molecule has 0 aliphatic carbocycles. The monoisotopic (exact) mass is 377 g/mol. The smallest absolute Gasteiger partial charge is 0.253 e. The second kappa shape index (κ2) is 7.84. The van der Waals surface area contributed by atoms with Crippen LogP contribution in [0.25, 0.3) is 11.4 Å². The fraction of sp³-hybridized carbons (Fsp3) is 0.318. The highest BCUT2D eigenvalue weighted by molar-refractivity contribution is 5.94. The van der Waals surface area contributed by atoms with Gasteiger partial charge in [0, 0.05) is 30.0 Å². The SMILES string of the molecule is CC(C)c1nc(-c2ccc(C(=O)N3CC[C@@H](Oc4ccccc4)C3)cc2)no1. The summed E-state index contributed by atoms with van der Waals surface area (Å²) in [6, 6.07) is 17.1. The lowest BCUT2D eigenvalue weighted by atomic mass is 10.1. The summed E-state index contributed by atoms with van der Waals surface area (Å²) in [5.74, 6) is 2.19. The zero-order valence-corrected chi connectivity index (χ0v) is 16.0. The van der Waals surface area contributed by atoms with Crippen LogP contribution in [0, 0.1) is 0 Å². The first kappa shape index (κ1) is 18.2. The number of carbonyl (C=O) groups is 1. The van der Waals surface area contributed by atoms with Gasteiger partial charge in [-0.05, 0) is 24.3 Å². The van der Waals surface area contributed by atoms with Crippen molar-refractivity contribution in [3.05, 3.63) is 66.1 Å². The van der Waals surface area contributed by atoms with E-state index in [2.05, 4.69) is 10.1 Å². The number of ether oxygens (including phenoxy) is 1. The van der Waals surface area contributed by atoms with Gasteiger partial charge in [-0.2, -0.15) is 4.98 Å². The number of hydrogen-bond donors (Lipinski definition) is 0. The minimum absolute atomic E-state index is 0.0155. The van der Waals surface area contributed by atoms with E-state index in [1.807, 2.05) is 73.3 Å². The van der Waals surface area contributed by atoms with Crippen LogP contribution in [0.3, 0.4) is 0 Å². The van der Waals surface area contributed by atoms with Gasteiger partial charge in [-0.3, -0.25) is 4.79 Å². The first-order valence-corrected chi connectivity index (χ1v) is 9.55. The van der Waals surface area contributed by atoms with E-state index in [-0.39, 0.29) is 17.9 Å². The Morgan fingerprint density at radius 1 is 1.14 bits per heavy atom. The highest BCUT2D eigenvalue weighted by atomic mass is 16.5. The number of carbonyl (C=O) groups excluding carboxylic acids is 1. The van der Waals surface area contributed by atoms with E-state index >= 15 is 0 Å². The summed E-state index contributed by atoms with van der Waals surface area (Å²) in [4.78, 5) is 19.0. The molecule has 4 rings (SSSR count). The molecule has 2 heterocycles. The molecule has 1 saturated heterocycles. The molecule has 0 bridgehead atoms. The second-order valence-corrected chi connectivity index (χ2v) is 7.28. The fourth-order valence-corrected chi connectivity index (χ4v) is 3.23. The van der Waals surface area contributed by atoms with Crippen molar-refractivity contribution in [3.63, 3.8) is 0 Å². The summed E-state index contributed by atoms with van der Waals surface area (Å²) in [6.07, 6.45) is 0.860. The maximum Gasteiger partial charge on any atom is 0.253 e. The van der Waals surface area contributed by atoms with Crippen molar-refractivity contribution >= 4 is 5.91 Å².